The van der Waals surface area contributed by atoms with Gasteiger partial charge in [-0.2, -0.15) is 0 Å². The first kappa shape index (κ1) is 21.1. The zero-order chi connectivity index (χ0) is 22.9. The zero-order valence-corrected chi connectivity index (χ0v) is 18.3. The van der Waals surface area contributed by atoms with E-state index in [0.29, 0.717) is 0 Å². The van der Waals surface area contributed by atoms with E-state index in [1.54, 1.807) is 0 Å². The molecule has 0 saturated carbocycles. The van der Waals surface area contributed by atoms with Crippen molar-refractivity contribution in [1.82, 2.24) is 18.9 Å². The predicted molar refractivity (Wildman–Crippen MR) is 110 cm³/mol. The van der Waals surface area contributed by atoms with Crippen LogP contribution in [0.4, 0.5) is 4.79 Å². The van der Waals surface area contributed by atoms with Gasteiger partial charge in [0.25, 0.3) is 5.56 Å². The smallest absolute Gasteiger partial charge is 0.333 e. The molecule has 1 fully saturated rings. The van der Waals surface area contributed by atoms with Crippen LogP contribution in [0, 0.1) is 5.92 Å². The average Bonchev–Trinajstić information content (AvgIpc) is 2.73. The van der Waals surface area contributed by atoms with Crippen LogP contribution >= 0.6 is 23.2 Å². The van der Waals surface area contributed by atoms with Crippen LogP contribution in [0.5, 0.6) is 11.6 Å². The molecule has 2 aromatic rings. The fraction of sp³-hybridized carbons (Fsp3) is 0.316. The van der Waals surface area contributed by atoms with Crippen LogP contribution in [0.2, 0.25) is 10.0 Å². The molecule has 0 spiro atoms. The van der Waals surface area contributed by atoms with Crippen molar-refractivity contribution >= 4 is 41.0 Å². The van der Waals surface area contributed by atoms with E-state index in [1.165, 1.54) is 40.3 Å². The van der Waals surface area contributed by atoms with E-state index < -0.39 is 40.9 Å². The third-order valence-electron chi connectivity index (χ3n) is 5.63. The monoisotopic (exact) mass is 466 g/mol. The summed E-state index contributed by atoms with van der Waals surface area (Å²) in [4.78, 5) is 65.7. The maximum atomic E-state index is 13.1. The summed E-state index contributed by atoms with van der Waals surface area (Å²) in [6.07, 6.45) is 0. The third-order valence-corrected chi connectivity index (χ3v) is 6.13. The molecule has 1 aromatic heterocycles. The maximum absolute atomic E-state index is 13.1. The first-order valence-electron chi connectivity index (χ1n) is 9.03. The Bertz CT molecular complexity index is 1290. The van der Waals surface area contributed by atoms with E-state index in [9.17, 15) is 24.0 Å². The van der Waals surface area contributed by atoms with Crippen LogP contribution in [-0.4, -0.2) is 50.9 Å². The van der Waals surface area contributed by atoms with Gasteiger partial charge < -0.3 is 4.74 Å². The molecular formula is C19H16Cl2N4O6. The molecule has 1 saturated heterocycles. The lowest BCUT2D eigenvalue weighted by Crippen LogP contribution is -2.59. The second-order valence-corrected chi connectivity index (χ2v) is 8.21. The Morgan fingerprint density at radius 1 is 0.839 bits per heavy atom. The molecule has 4 rings (SSSR count). The summed E-state index contributed by atoms with van der Waals surface area (Å²) in [5.41, 5.74) is -1.27. The summed E-state index contributed by atoms with van der Waals surface area (Å²) in [5, 5.41) is 0.260. The molecule has 12 heteroatoms. The number of carbonyl (C=O) groups is 3. The van der Waals surface area contributed by atoms with Crippen molar-refractivity contribution in [2.45, 2.75) is 5.92 Å². The van der Waals surface area contributed by atoms with Gasteiger partial charge >= 0.3 is 11.7 Å². The van der Waals surface area contributed by atoms with E-state index in [2.05, 4.69) is 0 Å². The molecular weight excluding hydrogens is 451 g/mol. The summed E-state index contributed by atoms with van der Waals surface area (Å²) in [6, 6.07) is 2.05. The first-order chi connectivity index (χ1) is 14.5. The van der Waals surface area contributed by atoms with Crippen molar-refractivity contribution in [3.63, 3.8) is 0 Å². The molecule has 0 aliphatic carbocycles. The van der Waals surface area contributed by atoms with Crippen molar-refractivity contribution in [3.8, 4) is 11.6 Å². The van der Waals surface area contributed by atoms with Crippen LogP contribution < -0.4 is 16.0 Å². The van der Waals surface area contributed by atoms with E-state index in [1.807, 2.05) is 0 Å². The van der Waals surface area contributed by atoms with Crippen LogP contribution in [0.25, 0.3) is 0 Å². The standard InChI is InChI=1S/C19H16Cl2N4O6/c1-22-14(26)11(15(27)23(2)18(22)29)10-8-5-7(20)6-9(21)13(8)31-17-12(10)16(28)24(3)19(30)25(17)4/h5-6,10-11H,1-4H3. The van der Waals surface area contributed by atoms with Crippen molar-refractivity contribution in [2.24, 2.45) is 20.0 Å². The highest BCUT2D eigenvalue weighted by molar-refractivity contribution is 6.35. The number of urea groups is 1. The summed E-state index contributed by atoms with van der Waals surface area (Å²) < 4.78 is 7.76. The Labute approximate surface area is 185 Å². The minimum absolute atomic E-state index is 0.0645. The van der Waals surface area contributed by atoms with Gasteiger partial charge in [-0.05, 0) is 12.1 Å². The number of hydrogen-bond donors (Lipinski definition) is 0. The van der Waals surface area contributed by atoms with Crippen molar-refractivity contribution < 1.29 is 19.1 Å². The number of imide groups is 2. The maximum Gasteiger partial charge on any atom is 0.333 e. The molecule has 1 unspecified atom stereocenters. The molecule has 31 heavy (non-hydrogen) atoms. The third kappa shape index (κ3) is 2.82. The Morgan fingerprint density at radius 3 is 2.00 bits per heavy atom. The molecule has 1 aromatic carbocycles. The number of barbiturate groups is 1. The topological polar surface area (TPSA) is 111 Å². The number of hydrogen-bond acceptors (Lipinski definition) is 6. The molecule has 1 atom stereocenters. The lowest BCUT2D eigenvalue weighted by molar-refractivity contribution is -0.148. The molecule has 10 nitrogen and oxygen atoms in total. The molecule has 4 amide bonds. The van der Waals surface area contributed by atoms with E-state index in [0.717, 1.165) is 18.9 Å². The van der Waals surface area contributed by atoms with Crippen LogP contribution in [0.3, 0.4) is 0 Å². The highest BCUT2D eigenvalue weighted by atomic mass is 35.5. The highest BCUT2D eigenvalue weighted by Crippen LogP contribution is 2.50. The molecule has 2 aliphatic heterocycles. The number of rotatable bonds is 1. The minimum Gasteiger partial charge on any atom is -0.438 e. The number of benzene rings is 1. The Kier molecular flexibility index (Phi) is 4.74. The predicted octanol–water partition coefficient (Wildman–Crippen LogP) is 1.30. The van der Waals surface area contributed by atoms with Gasteiger partial charge in [0.05, 0.1) is 10.6 Å². The number of halogens is 2. The van der Waals surface area contributed by atoms with Crippen LogP contribution in [-0.2, 0) is 23.7 Å². The SMILES string of the molecule is CN1C(=O)C(C2c3cc(Cl)cc(Cl)c3Oc3c2c(=O)n(C)c(=O)n3C)C(=O)N(C)C1=O. The summed E-state index contributed by atoms with van der Waals surface area (Å²) in [5.74, 6) is -4.35. The highest BCUT2D eigenvalue weighted by Gasteiger charge is 2.51. The average molecular weight is 467 g/mol. The van der Waals surface area contributed by atoms with Crippen molar-refractivity contribution in [2.75, 3.05) is 14.1 Å². The summed E-state index contributed by atoms with van der Waals surface area (Å²) in [6.45, 7) is 0. The molecule has 3 heterocycles. The van der Waals surface area contributed by atoms with E-state index >= 15 is 0 Å². The molecule has 0 N–H and O–H groups in total. The number of fused-ring (bicyclic) bond motifs is 2. The van der Waals surface area contributed by atoms with Crippen LogP contribution in [0.1, 0.15) is 17.0 Å². The van der Waals surface area contributed by atoms with Crippen LogP contribution in [0.15, 0.2) is 21.7 Å². The van der Waals surface area contributed by atoms with Gasteiger partial charge in [-0.25, -0.2) is 9.59 Å². The molecule has 0 radical (unpaired) electrons. The fourth-order valence-corrected chi connectivity index (χ4v) is 4.53. The van der Waals surface area contributed by atoms with Gasteiger partial charge in [0, 0.05) is 44.7 Å². The Hall–Kier alpha value is -3.11. The molecule has 0 bridgehead atoms. The van der Waals surface area contributed by atoms with Gasteiger partial charge in [0.1, 0.15) is 5.92 Å². The van der Waals surface area contributed by atoms with E-state index in [-0.39, 0.29) is 32.8 Å². The lowest BCUT2D eigenvalue weighted by Gasteiger charge is -2.39. The number of carbonyl (C=O) groups excluding carboxylic acids is 3. The molecule has 162 valence electrons. The second-order valence-electron chi connectivity index (χ2n) is 7.37. The fourth-order valence-electron chi connectivity index (χ4n) is 3.98. The number of nitrogens with zero attached hydrogens (tertiary/aromatic N) is 4. The largest absolute Gasteiger partial charge is 0.438 e. The summed E-state index contributed by atoms with van der Waals surface area (Å²) in [7, 11) is 5.14. The van der Waals surface area contributed by atoms with Gasteiger partial charge in [-0.15, -0.1) is 0 Å². The Balaban J connectivity index is 2.11. The normalized spacial score (nSPS) is 18.8. The first-order valence-corrected chi connectivity index (χ1v) is 9.78. The van der Waals surface area contributed by atoms with Crippen molar-refractivity contribution in [1.29, 1.82) is 0 Å². The Morgan fingerprint density at radius 2 is 1.42 bits per heavy atom. The van der Waals surface area contributed by atoms with Gasteiger partial charge in [0.2, 0.25) is 17.7 Å². The quantitative estimate of drug-likeness (QED) is 0.585. The zero-order valence-electron chi connectivity index (χ0n) is 16.8. The number of amides is 4. The summed E-state index contributed by atoms with van der Waals surface area (Å²) >= 11 is 12.5. The van der Waals surface area contributed by atoms with E-state index in [4.69, 9.17) is 27.9 Å². The van der Waals surface area contributed by atoms with Gasteiger partial charge in [-0.1, -0.05) is 23.2 Å². The lowest BCUT2D eigenvalue weighted by atomic mass is 9.77. The minimum atomic E-state index is -1.48. The second kappa shape index (κ2) is 6.96. The van der Waals surface area contributed by atoms with Gasteiger partial charge in [-0.3, -0.25) is 33.3 Å². The molecule has 2 aliphatic rings. The number of ether oxygens (including phenoxy) is 1. The van der Waals surface area contributed by atoms with Crippen molar-refractivity contribution in [3.05, 3.63) is 54.1 Å². The van der Waals surface area contributed by atoms with Gasteiger partial charge in [0.15, 0.2) is 5.75 Å². The number of aromatic nitrogens is 2.